The van der Waals surface area contributed by atoms with Crippen molar-refractivity contribution in [2.75, 3.05) is 4.90 Å². The fourth-order valence-electron chi connectivity index (χ4n) is 14.3. The molecule has 0 saturated carbocycles. The van der Waals surface area contributed by atoms with Crippen LogP contribution in [0.25, 0.3) is 77.9 Å². The Labute approximate surface area is 434 Å². The maximum absolute atomic E-state index is 2.51. The lowest BCUT2D eigenvalue weighted by molar-refractivity contribution is 0.660. The summed E-state index contributed by atoms with van der Waals surface area (Å²) in [7, 11) is 0. The second-order valence-corrected chi connectivity index (χ2v) is 21.9. The zero-order chi connectivity index (χ0) is 49.5. The average molecular weight is 944 g/mol. The van der Waals surface area contributed by atoms with E-state index in [1.54, 1.807) is 0 Å². The molecule has 1 nitrogen and oxygen atoms in total. The molecule has 0 N–H and O–H groups in total. The number of fused-ring (bicyclic) bond motifs is 16. The molecule has 0 aliphatic heterocycles. The van der Waals surface area contributed by atoms with Gasteiger partial charge in [0.15, 0.2) is 0 Å². The molecule has 350 valence electrons. The Balaban J connectivity index is 0.895. The van der Waals surface area contributed by atoms with E-state index in [4.69, 9.17) is 0 Å². The summed E-state index contributed by atoms with van der Waals surface area (Å²) in [4.78, 5) is 2.51. The highest BCUT2D eigenvalue weighted by atomic mass is 15.1. The summed E-state index contributed by atoms with van der Waals surface area (Å²) in [5, 5.41) is 0. The van der Waals surface area contributed by atoms with Gasteiger partial charge in [-0.2, -0.15) is 0 Å². The van der Waals surface area contributed by atoms with Crippen molar-refractivity contribution in [3.8, 4) is 77.9 Å². The number of anilines is 3. The van der Waals surface area contributed by atoms with Crippen molar-refractivity contribution >= 4 is 17.1 Å². The van der Waals surface area contributed by atoms with Gasteiger partial charge in [0.2, 0.25) is 0 Å². The lowest BCUT2D eigenvalue weighted by atomic mass is 9.70. The Morgan fingerprint density at radius 1 is 0.257 bits per heavy atom. The second kappa shape index (κ2) is 15.6. The molecule has 0 fully saturated rings. The van der Waals surface area contributed by atoms with Crippen LogP contribution < -0.4 is 4.90 Å². The normalized spacial score (nSPS) is 14.8. The predicted molar refractivity (Wildman–Crippen MR) is 309 cm³/mol. The SMILES string of the molecule is CC1(C)c2ccccc2-c2ccc(-c3ccc(N(c4ccc(-c5ccccc5-c5cccc6c5C(C)(C)c5ccccc5-6)cc4)c4cccc5c4-c4ccccc4C54c5ccccc5-c5ccccc54)cc3)cc21. The predicted octanol–water partition coefficient (Wildman–Crippen LogP) is 19.1. The maximum atomic E-state index is 2.51. The molecule has 0 amide bonds. The molecular weight excluding hydrogens is 891 g/mol. The molecule has 11 aromatic rings. The topological polar surface area (TPSA) is 3.24 Å². The molecule has 11 aromatic carbocycles. The van der Waals surface area contributed by atoms with Crippen LogP contribution in [-0.2, 0) is 16.2 Å². The smallest absolute Gasteiger partial charge is 0.0726 e. The number of benzene rings is 11. The number of hydrogen-bond acceptors (Lipinski definition) is 1. The van der Waals surface area contributed by atoms with Crippen LogP contribution in [0, 0.1) is 0 Å². The van der Waals surface area contributed by atoms with Crippen LogP contribution in [0.5, 0.6) is 0 Å². The van der Waals surface area contributed by atoms with Crippen molar-refractivity contribution in [1.82, 2.24) is 0 Å². The molecule has 0 saturated heterocycles. The molecule has 0 unspecified atom stereocenters. The van der Waals surface area contributed by atoms with E-state index >= 15 is 0 Å². The maximum Gasteiger partial charge on any atom is 0.0726 e. The second-order valence-electron chi connectivity index (χ2n) is 21.9. The van der Waals surface area contributed by atoms with E-state index in [1.165, 1.54) is 122 Å². The van der Waals surface area contributed by atoms with Crippen LogP contribution in [0.15, 0.2) is 249 Å². The van der Waals surface area contributed by atoms with Gasteiger partial charge in [-0.15, -0.1) is 0 Å². The van der Waals surface area contributed by atoms with E-state index in [2.05, 4.69) is 281 Å². The quantitative estimate of drug-likeness (QED) is 0.161. The van der Waals surface area contributed by atoms with Crippen LogP contribution in [0.2, 0.25) is 0 Å². The van der Waals surface area contributed by atoms with Gasteiger partial charge in [0, 0.05) is 27.8 Å². The third kappa shape index (κ3) is 5.76. The van der Waals surface area contributed by atoms with E-state index < -0.39 is 5.41 Å². The Morgan fingerprint density at radius 3 is 1.26 bits per heavy atom. The van der Waals surface area contributed by atoms with Crippen molar-refractivity contribution in [2.45, 2.75) is 43.9 Å². The molecule has 0 radical (unpaired) electrons. The summed E-state index contributed by atoms with van der Waals surface area (Å²) in [6, 6.07) is 93.8. The number of nitrogens with zero attached hydrogens (tertiary/aromatic N) is 1. The van der Waals surface area contributed by atoms with Gasteiger partial charge in [0.1, 0.15) is 0 Å². The summed E-state index contributed by atoms with van der Waals surface area (Å²) >= 11 is 0. The van der Waals surface area contributed by atoms with E-state index in [1.807, 2.05) is 0 Å². The summed E-state index contributed by atoms with van der Waals surface area (Å²) in [5.74, 6) is 0. The molecule has 0 atom stereocenters. The van der Waals surface area contributed by atoms with Crippen LogP contribution in [0.4, 0.5) is 17.1 Å². The third-order valence-corrected chi connectivity index (χ3v) is 17.5. The molecule has 0 heterocycles. The van der Waals surface area contributed by atoms with Gasteiger partial charge in [0.25, 0.3) is 0 Å². The summed E-state index contributed by atoms with van der Waals surface area (Å²) in [6.07, 6.45) is 0. The highest BCUT2D eigenvalue weighted by Crippen LogP contribution is 2.65. The Hall–Kier alpha value is -8.78. The monoisotopic (exact) mass is 943 g/mol. The molecular formula is C73H53N. The highest BCUT2D eigenvalue weighted by Gasteiger charge is 2.52. The van der Waals surface area contributed by atoms with Crippen molar-refractivity contribution in [3.05, 3.63) is 293 Å². The zero-order valence-corrected chi connectivity index (χ0v) is 42.1. The van der Waals surface area contributed by atoms with E-state index in [-0.39, 0.29) is 10.8 Å². The average Bonchev–Trinajstić information content (AvgIpc) is 4.10. The fraction of sp³-hybridized carbons (Fsp3) is 0.0959. The van der Waals surface area contributed by atoms with Crippen LogP contribution in [0.1, 0.15) is 72.2 Å². The van der Waals surface area contributed by atoms with Gasteiger partial charge in [-0.3, -0.25) is 0 Å². The first-order valence-electron chi connectivity index (χ1n) is 26.3. The van der Waals surface area contributed by atoms with E-state index in [0.29, 0.717) is 0 Å². The molecule has 0 bridgehead atoms. The lowest BCUT2D eigenvalue weighted by Gasteiger charge is -2.32. The lowest BCUT2D eigenvalue weighted by Crippen LogP contribution is -2.26. The first kappa shape index (κ1) is 42.9. The Kier molecular flexibility index (Phi) is 9.04. The summed E-state index contributed by atoms with van der Waals surface area (Å²) in [5.41, 5.74) is 31.6. The molecule has 1 spiro atoms. The third-order valence-electron chi connectivity index (χ3n) is 17.5. The molecule has 15 rings (SSSR count). The van der Waals surface area contributed by atoms with Crippen molar-refractivity contribution in [2.24, 2.45) is 0 Å². The Morgan fingerprint density at radius 2 is 0.649 bits per heavy atom. The first-order chi connectivity index (χ1) is 36.2. The van der Waals surface area contributed by atoms with Crippen molar-refractivity contribution < 1.29 is 0 Å². The Bertz CT molecular complexity index is 4080. The number of rotatable bonds is 6. The van der Waals surface area contributed by atoms with Gasteiger partial charge >= 0.3 is 0 Å². The number of hydrogen-bond donors (Lipinski definition) is 0. The summed E-state index contributed by atoms with van der Waals surface area (Å²) < 4.78 is 0. The summed E-state index contributed by atoms with van der Waals surface area (Å²) in [6.45, 7) is 9.50. The van der Waals surface area contributed by atoms with Crippen molar-refractivity contribution in [1.29, 1.82) is 0 Å². The van der Waals surface area contributed by atoms with Gasteiger partial charge in [-0.25, -0.2) is 0 Å². The largest absolute Gasteiger partial charge is 0.310 e. The van der Waals surface area contributed by atoms with Crippen LogP contribution in [-0.4, -0.2) is 0 Å². The van der Waals surface area contributed by atoms with Crippen LogP contribution >= 0.6 is 0 Å². The van der Waals surface area contributed by atoms with E-state index in [0.717, 1.165) is 17.1 Å². The molecule has 1 heteroatoms. The molecule has 4 aliphatic carbocycles. The van der Waals surface area contributed by atoms with Gasteiger partial charge in [0.05, 0.1) is 11.1 Å². The molecule has 4 aliphatic rings. The zero-order valence-electron chi connectivity index (χ0n) is 42.1. The van der Waals surface area contributed by atoms with Crippen molar-refractivity contribution in [3.63, 3.8) is 0 Å². The fourth-order valence-corrected chi connectivity index (χ4v) is 14.3. The first-order valence-corrected chi connectivity index (χ1v) is 26.3. The van der Waals surface area contributed by atoms with Gasteiger partial charge in [-0.05, 0) is 153 Å². The molecule has 0 aromatic heterocycles. The van der Waals surface area contributed by atoms with Gasteiger partial charge in [-0.1, -0.05) is 240 Å². The standard InChI is InChI=1S/C73H53N/c1-71(2)61-28-12-7-21-53(61)57-44-39-48(45-67(57)71)46-35-40-49(41-36-46)74(68-34-18-33-66-69(68)60-25-11-16-32-65(60)73(66)63-30-14-9-22-54(63)55-23-10-15-31-64(55)73)50-42-37-47(38-43-50)51-19-5-6-20-52(51)58-26-17-27-59-56-24-8-13-29-62(56)72(3,4)70(58)59/h5-45H,1-4H3. The highest BCUT2D eigenvalue weighted by molar-refractivity contribution is 6.02. The van der Waals surface area contributed by atoms with Crippen LogP contribution in [0.3, 0.4) is 0 Å². The minimum atomic E-state index is -0.452. The minimum Gasteiger partial charge on any atom is -0.310 e. The minimum absolute atomic E-state index is 0.0728. The molecule has 74 heavy (non-hydrogen) atoms. The van der Waals surface area contributed by atoms with E-state index in [9.17, 15) is 0 Å². The van der Waals surface area contributed by atoms with Gasteiger partial charge < -0.3 is 4.90 Å².